The van der Waals surface area contributed by atoms with E-state index in [1.807, 2.05) is 55.4 Å². The molecule has 22 heavy (non-hydrogen) atoms. The molecule has 0 aliphatic rings. The molecule has 0 atom stereocenters. The number of carbonyl (C=O) groups is 1. The molecule has 5 heteroatoms. The number of hydrogen-bond donors (Lipinski definition) is 1. The standard InChI is InChI=1S/C17H16N4O/c1-21(2)16-9-8-12(11-19-16)20-17(22)14-5-3-7-15-13(14)6-4-10-18-15/h3-11H,1-2H3,(H,20,22). The quantitative estimate of drug-likeness (QED) is 0.806. The van der Waals surface area contributed by atoms with E-state index in [0.717, 1.165) is 16.7 Å². The predicted octanol–water partition coefficient (Wildman–Crippen LogP) is 2.95. The highest BCUT2D eigenvalue weighted by Gasteiger charge is 2.10. The molecule has 0 saturated carbocycles. The number of benzene rings is 1. The lowest BCUT2D eigenvalue weighted by molar-refractivity contribution is 0.102. The minimum absolute atomic E-state index is 0.169. The van der Waals surface area contributed by atoms with Crippen molar-refractivity contribution in [2.45, 2.75) is 0 Å². The minimum atomic E-state index is -0.169. The Bertz CT molecular complexity index is 807. The monoisotopic (exact) mass is 292 g/mol. The van der Waals surface area contributed by atoms with Gasteiger partial charge in [-0.25, -0.2) is 4.98 Å². The maximum absolute atomic E-state index is 12.5. The van der Waals surface area contributed by atoms with Gasteiger partial charge in [0.15, 0.2) is 0 Å². The second-order valence-electron chi connectivity index (χ2n) is 5.13. The average Bonchev–Trinajstić information content (AvgIpc) is 2.54. The van der Waals surface area contributed by atoms with Crippen molar-refractivity contribution in [2.24, 2.45) is 0 Å². The molecular weight excluding hydrogens is 276 g/mol. The first-order valence-electron chi connectivity index (χ1n) is 6.93. The SMILES string of the molecule is CN(C)c1ccc(NC(=O)c2cccc3ncccc23)cn1. The van der Waals surface area contributed by atoms with Gasteiger partial charge in [-0.15, -0.1) is 0 Å². The van der Waals surface area contributed by atoms with Gasteiger partial charge in [-0.05, 0) is 30.3 Å². The van der Waals surface area contributed by atoms with Gasteiger partial charge in [0.25, 0.3) is 5.91 Å². The van der Waals surface area contributed by atoms with E-state index >= 15 is 0 Å². The third-order valence-corrected chi connectivity index (χ3v) is 3.35. The zero-order valence-electron chi connectivity index (χ0n) is 12.4. The first-order chi connectivity index (χ1) is 10.6. The van der Waals surface area contributed by atoms with Crippen molar-refractivity contribution in [3.63, 3.8) is 0 Å². The first kappa shape index (κ1) is 14.0. The average molecular weight is 292 g/mol. The molecule has 1 amide bonds. The summed E-state index contributed by atoms with van der Waals surface area (Å²) in [6.07, 6.45) is 3.37. The third-order valence-electron chi connectivity index (χ3n) is 3.35. The summed E-state index contributed by atoms with van der Waals surface area (Å²) in [5.41, 5.74) is 2.06. The maximum atomic E-state index is 12.5. The lowest BCUT2D eigenvalue weighted by atomic mass is 10.1. The molecule has 110 valence electrons. The van der Waals surface area contributed by atoms with Gasteiger partial charge >= 0.3 is 0 Å². The summed E-state index contributed by atoms with van der Waals surface area (Å²) in [5, 5.41) is 3.70. The van der Waals surface area contributed by atoms with E-state index in [-0.39, 0.29) is 5.91 Å². The van der Waals surface area contributed by atoms with E-state index in [2.05, 4.69) is 15.3 Å². The van der Waals surface area contributed by atoms with E-state index in [0.29, 0.717) is 11.3 Å². The maximum Gasteiger partial charge on any atom is 0.256 e. The second kappa shape index (κ2) is 5.81. The van der Waals surface area contributed by atoms with Gasteiger partial charge < -0.3 is 10.2 Å². The van der Waals surface area contributed by atoms with Crippen molar-refractivity contribution in [2.75, 3.05) is 24.3 Å². The van der Waals surface area contributed by atoms with Crippen LogP contribution in [0.25, 0.3) is 10.9 Å². The Labute approximate surface area is 128 Å². The molecule has 0 radical (unpaired) electrons. The largest absolute Gasteiger partial charge is 0.363 e. The van der Waals surface area contributed by atoms with Gasteiger partial charge in [0.1, 0.15) is 5.82 Å². The summed E-state index contributed by atoms with van der Waals surface area (Å²) in [7, 11) is 3.84. The number of hydrogen-bond acceptors (Lipinski definition) is 4. The second-order valence-corrected chi connectivity index (χ2v) is 5.13. The van der Waals surface area contributed by atoms with Crippen molar-refractivity contribution >= 4 is 28.3 Å². The summed E-state index contributed by atoms with van der Waals surface area (Å²) in [5.74, 6) is 0.672. The number of nitrogens with zero attached hydrogens (tertiary/aromatic N) is 3. The molecule has 2 aromatic heterocycles. The van der Waals surface area contributed by atoms with E-state index in [9.17, 15) is 4.79 Å². The smallest absolute Gasteiger partial charge is 0.256 e. The van der Waals surface area contributed by atoms with Gasteiger partial charge in [0.2, 0.25) is 0 Å². The number of fused-ring (bicyclic) bond motifs is 1. The lowest BCUT2D eigenvalue weighted by Crippen LogP contribution is -2.14. The number of aromatic nitrogens is 2. The van der Waals surface area contributed by atoms with Crippen LogP contribution >= 0.6 is 0 Å². The van der Waals surface area contributed by atoms with Crippen LogP contribution in [0.4, 0.5) is 11.5 Å². The highest BCUT2D eigenvalue weighted by atomic mass is 16.1. The number of carbonyl (C=O) groups excluding carboxylic acids is 1. The zero-order chi connectivity index (χ0) is 15.5. The summed E-state index contributed by atoms with van der Waals surface area (Å²) >= 11 is 0. The van der Waals surface area contributed by atoms with Crippen LogP contribution < -0.4 is 10.2 Å². The van der Waals surface area contributed by atoms with Crippen molar-refractivity contribution in [3.8, 4) is 0 Å². The van der Waals surface area contributed by atoms with E-state index in [1.54, 1.807) is 18.5 Å². The summed E-state index contributed by atoms with van der Waals surface area (Å²) in [6, 6.07) is 12.9. The molecule has 0 fully saturated rings. The van der Waals surface area contributed by atoms with E-state index in [1.165, 1.54) is 0 Å². The van der Waals surface area contributed by atoms with Crippen LogP contribution in [-0.2, 0) is 0 Å². The molecule has 0 bridgehead atoms. The molecule has 0 saturated heterocycles. The molecule has 0 unspecified atom stereocenters. The molecule has 0 spiro atoms. The Morgan fingerprint density at radius 1 is 1.05 bits per heavy atom. The third kappa shape index (κ3) is 2.74. The number of rotatable bonds is 3. The van der Waals surface area contributed by atoms with Crippen molar-refractivity contribution in [3.05, 3.63) is 60.4 Å². The Kier molecular flexibility index (Phi) is 3.70. The summed E-state index contributed by atoms with van der Waals surface area (Å²) in [4.78, 5) is 22.9. The van der Waals surface area contributed by atoms with Crippen LogP contribution in [0.15, 0.2) is 54.9 Å². The van der Waals surface area contributed by atoms with Gasteiger partial charge in [-0.3, -0.25) is 9.78 Å². The minimum Gasteiger partial charge on any atom is -0.363 e. The van der Waals surface area contributed by atoms with Crippen LogP contribution in [0.1, 0.15) is 10.4 Å². The van der Waals surface area contributed by atoms with Crippen LogP contribution in [-0.4, -0.2) is 30.0 Å². The summed E-state index contributed by atoms with van der Waals surface area (Å²) in [6.45, 7) is 0. The van der Waals surface area contributed by atoms with Crippen LogP contribution in [0.2, 0.25) is 0 Å². The Morgan fingerprint density at radius 2 is 1.91 bits per heavy atom. The number of anilines is 2. The Morgan fingerprint density at radius 3 is 2.64 bits per heavy atom. The molecule has 0 aliphatic carbocycles. The number of nitrogens with one attached hydrogen (secondary N) is 1. The van der Waals surface area contributed by atoms with E-state index < -0.39 is 0 Å². The highest BCUT2D eigenvalue weighted by molar-refractivity contribution is 6.12. The Balaban J connectivity index is 1.87. The van der Waals surface area contributed by atoms with Crippen LogP contribution in [0.5, 0.6) is 0 Å². The molecular formula is C17H16N4O. The van der Waals surface area contributed by atoms with E-state index in [4.69, 9.17) is 0 Å². The fourth-order valence-corrected chi connectivity index (χ4v) is 2.22. The number of pyridine rings is 2. The normalized spacial score (nSPS) is 10.5. The van der Waals surface area contributed by atoms with Gasteiger partial charge in [-0.1, -0.05) is 12.1 Å². The van der Waals surface area contributed by atoms with Crippen molar-refractivity contribution < 1.29 is 4.79 Å². The van der Waals surface area contributed by atoms with Crippen LogP contribution in [0.3, 0.4) is 0 Å². The van der Waals surface area contributed by atoms with Gasteiger partial charge in [-0.2, -0.15) is 0 Å². The molecule has 3 aromatic rings. The van der Waals surface area contributed by atoms with Crippen LogP contribution in [0, 0.1) is 0 Å². The highest BCUT2D eigenvalue weighted by Crippen LogP contribution is 2.18. The first-order valence-corrected chi connectivity index (χ1v) is 6.93. The molecule has 3 rings (SSSR count). The van der Waals surface area contributed by atoms with Gasteiger partial charge in [0.05, 0.1) is 17.4 Å². The Hall–Kier alpha value is -2.95. The topological polar surface area (TPSA) is 58.1 Å². The lowest BCUT2D eigenvalue weighted by Gasteiger charge is -2.12. The predicted molar refractivity (Wildman–Crippen MR) is 88.3 cm³/mol. The fraction of sp³-hybridized carbons (Fsp3) is 0.118. The molecule has 2 heterocycles. The molecule has 5 nitrogen and oxygen atoms in total. The molecule has 1 aromatic carbocycles. The molecule has 0 aliphatic heterocycles. The van der Waals surface area contributed by atoms with Gasteiger partial charge in [0, 0.05) is 31.2 Å². The van der Waals surface area contributed by atoms with Crippen molar-refractivity contribution in [1.29, 1.82) is 0 Å². The summed E-state index contributed by atoms with van der Waals surface area (Å²) < 4.78 is 0. The zero-order valence-corrected chi connectivity index (χ0v) is 12.4. The van der Waals surface area contributed by atoms with Crippen molar-refractivity contribution in [1.82, 2.24) is 9.97 Å². The fourth-order valence-electron chi connectivity index (χ4n) is 2.22. The number of amides is 1. The molecule has 1 N–H and O–H groups in total.